The molecule has 0 bridgehead atoms. The minimum absolute atomic E-state index is 0.147. The molecule has 2 heterocycles. The number of aromatic nitrogens is 1. The van der Waals surface area contributed by atoms with Crippen molar-refractivity contribution >= 4 is 41.3 Å². The maximum Gasteiger partial charge on any atom is 0.192 e. The van der Waals surface area contributed by atoms with Gasteiger partial charge in [0.25, 0.3) is 0 Å². The molecule has 0 aliphatic heterocycles. The summed E-state index contributed by atoms with van der Waals surface area (Å²) in [5.74, 6) is -0.206. The molecule has 0 atom stereocenters. The van der Waals surface area contributed by atoms with E-state index in [-0.39, 0.29) is 10.9 Å². The van der Waals surface area contributed by atoms with Gasteiger partial charge in [0.15, 0.2) is 8.32 Å². The first-order chi connectivity index (χ1) is 12.1. The van der Waals surface area contributed by atoms with E-state index in [0.29, 0.717) is 16.5 Å². The van der Waals surface area contributed by atoms with E-state index >= 15 is 0 Å². The molecule has 0 aliphatic carbocycles. The Bertz CT molecular complexity index is 949. The lowest BCUT2D eigenvalue weighted by Gasteiger charge is -2.36. The van der Waals surface area contributed by atoms with Crippen LogP contribution in [0.25, 0.3) is 21.3 Å². The van der Waals surface area contributed by atoms with E-state index in [1.807, 2.05) is 23.6 Å². The number of hydrogen-bond donors (Lipinski definition) is 0. The fraction of sp³-hybridized carbons (Fsp3) is 0.350. The van der Waals surface area contributed by atoms with Crippen molar-refractivity contribution in [2.24, 2.45) is 0 Å². The topological polar surface area (TPSA) is 22.1 Å². The molecule has 0 unspecified atom stereocenters. The van der Waals surface area contributed by atoms with E-state index in [1.54, 1.807) is 6.07 Å². The molecule has 0 fully saturated rings. The maximum atomic E-state index is 14.0. The molecule has 2 nitrogen and oxygen atoms in total. The Hall–Kier alpha value is -1.27. The Balaban J connectivity index is 1.94. The summed E-state index contributed by atoms with van der Waals surface area (Å²) in [7, 11) is -1.85. The lowest BCUT2D eigenvalue weighted by molar-refractivity contribution is 0.276. The van der Waals surface area contributed by atoms with Crippen LogP contribution in [0.2, 0.25) is 23.3 Å². The lowest BCUT2D eigenvalue weighted by atomic mass is 10.1. The molecule has 6 heteroatoms. The Morgan fingerprint density at radius 3 is 2.65 bits per heavy atom. The van der Waals surface area contributed by atoms with E-state index in [9.17, 15) is 4.39 Å². The van der Waals surface area contributed by atoms with Crippen molar-refractivity contribution in [1.29, 1.82) is 0 Å². The summed E-state index contributed by atoms with van der Waals surface area (Å²) in [5.41, 5.74) is 2.64. The maximum absolute atomic E-state index is 14.0. The molecule has 3 aromatic rings. The van der Waals surface area contributed by atoms with Crippen molar-refractivity contribution in [2.45, 2.75) is 45.5 Å². The molecule has 26 heavy (non-hydrogen) atoms. The van der Waals surface area contributed by atoms with Crippen LogP contribution in [0, 0.1) is 5.82 Å². The summed E-state index contributed by atoms with van der Waals surface area (Å²) in [6.07, 6.45) is 0. The number of benzene rings is 1. The van der Waals surface area contributed by atoms with Crippen LogP contribution in [-0.2, 0) is 11.0 Å². The van der Waals surface area contributed by atoms with Gasteiger partial charge in [-0.15, -0.1) is 11.3 Å². The lowest BCUT2D eigenvalue weighted by Crippen LogP contribution is -2.40. The van der Waals surface area contributed by atoms with E-state index in [0.717, 1.165) is 22.2 Å². The SMILES string of the molecule is CC(C)(C)[Si](C)(C)OCc1cc(Cl)nc(-c2csc3c(F)cccc23)c1. The van der Waals surface area contributed by atoms with Crippen molar-refractivity contribution in [1.82, 2.24) is 4.98 Å². The van der Waals surface area contributed by atoms with Gasteiger partial charge in [0.1, 0.15) is 11.0 Å². The third-order valence-electron chi connectivity index (χ3n) is 5.09. The number of pyridine rings is 1. The van der Waals surface area contributed by atoms with Crippen LogP contribution in [-0.4, -0.2) is 13.3 Å². The Morgan fingerprint density at radius 2 is 1.96 bits per heavy atom. The first-order valence-electron chi connectivity index (χ1n) is 8.55. The Morgan fingerprint density at radius 1 is 1.23 bits per heavy atom. The fourth-order valence-corrected chi connectivity index (χ4v) is 4.63. The zero-order valence-corrected chi connectivity index (χ0v) is 18.3. The van der Waals surface area contributed by atoms with E-state index in [1.165, 1.54) is 17.4 Å². The number of rotatable bonds is 4. The number of hydrogen-bond acceptors (Lipinski definition) is 3. The molecule has 0 saturated carbocycles. The molecule has 0 N–H and O–H groups in total. The van der Waals surface area contributed by atoms with Crippen LogP contribution in [0.3, 0.4) is 0 Å². The van der Waals surface area contributed by atoms with Crippen LogP contribution >= 0.6 is 22.9 Å². The number of nitrogens with zero attached hydrogens (tertiary/aromatic N) is 1. The van der Waals surface area contributed by atoms with Gasteiger partial charge in [0, 0.05) is 16.3 Å². The van der Waals surface area contributed by atoms with E-state index in [2.05, 4.69) is 38.8 Å². The van der Waals surface area contributed by atoms with Crippen molar-refractivity contribution in [2.75, 3.05) is 0 Å². The third-order valence-corrected chi connectivity index (χ3v) is 10.8. The molecule has 0 saturated heterocycles. The minimum Gasteiger partial charge on any atom is -0.413 e. The standard InChI is InChI=1S/C20H23ClFNOSSi/c1-20(2,3)26(4,5)24-11-13-9-17(23-18(21)10-13)15-12-25-19-14(15)7-6-8-16(19)22/h6-10,12H,11H2,1-5H3. The Kier molecular flexibility index (Phi) is 5.28. The van der Waals surface area contributed by atoms with Crippen molar-refractivity contribution in [3.63, 3.8) is 0 Å². The molecule has 1 aromatic carbocycles. The highest BCUT2D eigenvalue weighted by Crippen LogP contribution is 2.38. The first-order valence-corrected chi connectivity index (χ1v) is 12.7. The van der Waals surface area contributed by atoms with Crippen LogP contribution in [0.4, 0.5) is 4.39 Å². The molecule has 0 aliphatic rings. The van der Waals surface area contributed by atoms with Gasteiger partial charge in [-0.1, -0.05) is 44.5 Å². The summed E-state index contributed by atoms with van der Waals surface area (Å²) in [5, 5.41) is 3.37. The summed E-state index contributed by atoms with van der Waals surface area (Å²) in [6, 6.07) is 8.95. The second-order valence-electron chi connectivity index (χ2n) is 8.00. The highest BCUT2D eigenvalue weighted by atomic mass is 35.5. The van der Waals surface area contributed by atoms with Crippen LogP contribution in [0.15, 0.2) is 35.7 Å². The summed E-state index contributed by atoms with van der Waals surface area (Å²) in [4.78, 5) is 4.45. The second-order valence-corrected chi connectivity index (χ2v) is 14.1. The van der Waals surface area contributed by atoms with Crippen molar-refractivity contribution in [3.8, 4) is 11.3 Å². The molecule has 0 radical (unpaired) electrons. The highest BCUT2D eigenvalue weighted by molar-refractivity contribution is 7.17. The van der Waals surface area contributed by atoms with Crippen LogP contribution < -0.4 is 0 Å². The van der Waals surface area contributed by atoms with Gasteiger partial charge < -0.3 is 4.43 Å². The highest BCUT2D eigenvalue weighted by Gasteiger charge is 2.37. The molecule has 0 spiro atoms. The average Bonchev–Trinajstić information content (AvgIpc) is 2.97. The molecular formula is C20H23ClFNOSSi. The number of fused-ring (bicyclic) bond motifs is 1. The van der Waals surface area contributed by atoms with Gasteiger partial charge in [-0.05, 0) is 41.9 Å². The van der Waals surface area contributed by atoms with E-state index in [4.69, 9.17) is 16.0 Å². The molecule has 3 rings (SSSR count). The second kappa shape index (κ2) is 7.04. The monoisotopic (exact) mass is 407 g/mol. The zero-order valence-electron chi connectivity index (χ0n) is 15.7. The predicted molar refractivity (Wildman–Crippen MR) is 112 cm³/mol. The van der Waals surface area contributed by atoms with Gasteiger partial charge in [0.05, 0.1) is 17.0 Å². The molecule has 138 valence electrons. The summed E-state index contributed by atoms with van der Waals surface area (Å²) >= 11 is 7.65. The minimum atomic E-state index is -1.85. The molecular weight excluding hydrogens is 385 g/mol. The molecule has 2 aromatic heterocycles. The molecule has 0 amide bonds. The van der Waals surface area contributed by atoms with Gasteiger partial charge in [-0.2, -0.15) is 0 Å². The van der Waals surface area contributed by atoms with Crippen molar-refractivity contribution < 1.29 is 8.82 Å². The first kappa shape index (κ1) is 19.5. The smallest absolute Gasteiger partial charge is 0.192 e. The largest absolute Gasteiger partial charge is 0.413 e. The van der Waals surface area contributed by atoms with Gasteiger partial charge in [-0.3, -0.25) is 0 Å². The van der Waals surface area contributed by atoms with Crippen LogP contribution in [0.5, 0.6) is 0 Å². The zero-order chi connectivity index (χ0) is 19.1. The number of halogens is 2. The van der Waals surface area contributed by atoms with Gasteiger partial charge in [-0.25, -0.2) is 9.37 Å². The number of thiophene rings is 1. The average molecular weight is 408 g/mol. The predicted octanol–water partition coefficient (Wildman–Crippen LogP) is 7.28. The van der Waals surface area contributed by atoms with Crippen molar-refractivity contribution in [3.05, 3.63) is 52.2 Å². The van der Waals surface area contributed by atoms with Gasteiger partial charge >= 0.3 is 0 Å². The quantitative estimate of drug-likeness (QED) is 0.335. The van der Waals surface area contributed by atoms with Crippen LogP contribution in [0.1, 0.15) is 26.3 Å². The normalized spacial score (nSPS) is 12.7. The fourth-order valence-electron chi connectivity index (χ4n) is 2.47. The van der Waals surface area contributed by atoms with Gasteiger partial charge in [0.2, 0.25) is 0 Å². The Labute approximate surface area is 164 Å². The third kappa shape index (κ3) is 3.86. The van der Waals surface area contributed by atoms with E-state index < -0.39 is 8.32 Å². The summed E-state index contributed by atoms with van der Waals surface area (Å²) < 4.78 is 20.9. The summed E-state index contributed by atoms with van der Waals surface area (Å²) in [6.45, 7) is 11.6.